The zero-order chi connectivity index (χ0) is 17.4. The van der Waals surface area contributed by atoms with E-state index in [4.69, 9.17) is 0 Å². The fourth-order valence-corrected chi connectivity index (χ4v) is 3.05. The average molecular weight is 343 g/mol. The van der Waals surface area contributed by atoms with Crippen LogP contribution < -0.4 is 4.72 Å². The number of aryl methyl sites for hydroxylation is 2. The van der Waals surface area contributed by atoms with Gasteiger partial charge >= 0.3 is 0 Å². The summed E-state index contributed by atoms with van der Waals surface area (Å²) < 4.78 is 54.7. The van der Waals surface area contributed by atoms with Gasteiger partial charge < -0.3 is 0 Å². The minimum absolute atomic E-state index is 0.0310. The quantitative estimate of drug-likeness (QED) is 0.915. The molecular weight excluding hydrogens is 328 g/mol. The fraction of sp³-hybridized carbons (Fsp3) is 0.286. The van der Waals surface area contributed by atoms with Gasteiger partial charge in [-0.1, -0.05) is 0 Å². The van der Waals surface area contributed by atoms with Crippen LogP contribution in [0.25, 0.3) is 0 Å². The largest absolute Gasteiger partial charge is 0.276 e. The topological polar surface area (TPSA) is 81.1 Å². The van der Waals surface area contributed by atoms with Gasteiger partial charge in [0.25, 0.3) is 10.0 Å². The minimum Gasteiger partial charge on any atom is -0.276 e. The predicted molar refractivity (Wildman–Crippen MR) is 78.0 cm³/mol. The maximum Gasteiger partial charge on any atom is 0.267 e. The summed E-state index contributed by atoms with van der Waals surface area (Å²) in [5, 5.41) is 3.89. The van der Waals surface area contributed by atoms with Crippen molar-refractivity contribution in [2.75, 3.05) is 0 Å². The number of rotatable bonds is 4. The van der Waals surface area contributed by atoms with Crippen LogP contribution in [-0.4, -0.2) is 24.1 Å². The summed E-state index contributed by atoms with van der Waals surface area (Å²) in [6.45, 7) is 2.78. The van der Waals surface area contributed by atoms with Crippen LogP contribution in [0.2, 0.25) is 0 Å². The Bertz CT molecular complexity index is 862. The number of amides is 1. The molecule has 1 atom stereocenters. The second kappa shape index (κ2) is 6.07. The van der Waals surface area contributed by atoms with Gasteiger partial charge in [-0.15, -0.1) is 0 Å². The Morgan fingerprint density at radius 1 is 1.30 bits per heavy atom. The molecule has 0 aliphatic heterocycles. The van der Waals surface area contributed by atoms with Gasteiger partial charge in [0.1, 0.15) is 16.5 Å². The first-order valence-electron chi connectivity index (χ1n) is 6.62. The molecule has 124 valence electrons. The molecule has 0 radical (unpaired) electrons. The molecule has 1 N–H and O–H groups in total. The van der Waals surface area contributed by atoms with Gasteiger partial charge in [-0.25, -0.2) is 21.9 Å². The summed E-state index contributed by atoms with van der Waals surface area (Å²) >= 11 is 0. The van der Waals surface area contributed by atoms with Crippen molar-refractivity contribution < 1.29 is 22.0 Å². The Balaban J connectivity index is 2.28. The van der Waals surface area contributed by atoms with E-state index < -0.39 is 38.4 Å². The first-order chi connectivity index (χ1) is 10.6. The van der Waals surface area contributed by atoms with Gasteiger partial charge in [-0.3, -0.25) is 9.48 Å². The zero-order valence-electron chi connectivity index (χ0n) is 12.7. The number of nitrogens with one attached hydrogen (secondary N) is 1. The van der Waals surface area contributed by atoms with Crippen LogP contribution in [0, 0.1) is 18.6 Å². The summed E-state index contributed by atoms with van der Waals surface area (Å²) in [6.07, 6.45) is 2.98. The molecule has 1 unspecified atom stereocenters. The van der Waals surface area contributed by atoms with Gasteiger partial charge in [0.15, 0.2) is 0 Å². The summed E-state index contributed by atoms with van der Waals surface area (Å²) in [4.78, 5) is 11.2. The Morgan fingerprint density at radius 3 is 2.52 bits per heavy atom. The summed E-state index contributed by atoms with van der Waals surface area (Å²) in [7, 11) is -2.87. The van der Waals surface area contributed by atoms with Gasteiger partial charge in [0, 0.05) is 18.8 Å². The number of carbonyl (C=O) groups is 1. The van der Waals surface area contributed by atoms with Crippen molar-refractivity contribution in [3.05, 3.63) is 47.3 Å². The monoisotopic (exact) mass is 343 g/mol. The average Bonchev–Trinajstić information content (AvgIpc) is 2.87. The van der Waals surface area contributed by atoms with Crippen LogP contribution in [0.4, 0.5) is 8.78 Å². The van der Waals surface area contributed by atoms with Crippen LogP contribution >= 0.6 is 0 Å². The predicted octanol–water partition coefficient (Wildman–Crippen LogP) is 1.62. The smallest absolute Gasteiger partial charge is 0.267 e. The van der Waals surface area contributed by atoms with Gasteiger partial charge in [0.2, 0.25) is 5.91 Å². The SMILES string of the molecule is Cc1cc(F)c(S(=O)(=O)NC(=O)C(C)c2cnn(C)c2)cc1F. The molecule has 1 heterocycles. The number of aromatic nitrogens is 2. The maximum atomic E-state index is 13.8. The van der Waals surface area contributed by atoms with E-state index in [0.717, 1.165) is 6.07 Å². The van der Waals surface area contributed by atoms with Crippen LogP contribution in [0.1, 0.15) is 24.0 Å². The molecule has 0 spiro atoms. The van der Waals surface area contributed by atoms with E-state index in [-0.39, 0.29) is 5.56 Å². The van der Waals surface area contributed by atoms with E-state index in [9.17, 15) is 22.0 Å². The normalized spacial score (nSPS) is 12.9. The highest BCUT2D eigenvalue weighted by molar-refractivity contribution is 7.90. The molecule has 1 aromatic carbocycles. The third-order valence-electron chi connectivity index (χ3n) is 3.36. The standard InChI is InChI=1S/C14H15F2N3O3S/c1-8-4-12(16)13(5-11(8)15)23(21,22)18-14(20)9(2)10-6-17-19(3)7-10/h4-7,9H,1-3H3,(H,18,20). The highest BCUT2D eigenvalue weighted by atomic mass is 32.2. The second-order valence-corrected chi connectivity index (χ2v) is 6.82. The Morgan fingerprint density at radius 2 is 1.96 bits per heavy atom. The van der Waals surface area contributed by atoms with E-state index >= 15 is 0 Å². The van der Waals surface area contributed by atoms with Crippen molar-refractivity contribution >= 4 is 15.9 Å². The van der Waals surface area contributed by atoms with E-state index in [2.05, 4.69) is 5.10 Å². The van der Waals surface area contributed by atoms with Gasteiger partial charge in [-0.2, -0.15) is 5.10 Å². The fourth-order valence-electron chi connectivity index (χ4n) is 1.92. The molecule has 2 aromatic rings. The molecule has 0 fully saturated rings. The first kappa shape index (κ1) is 17.1. The lowest BCUT2D eigenvalue weighted by atomic mass is 10.1. The Labute approximate surface area is 132 Å². The van der Waals surface area contributed by atoms with Crippen molar-refractivity contribution in [2.45, 2.75) is 24.7 Å². The van der Waals surface area contributed by atoms with Crippen molar-refractivity contribution in [1.82, 2.24) is 14.5 Å². The lowest BCUT2D eigenvalue weighted by Gasteiger charge is -2.12. The zero-order valence-corrected chi connectivity index (χ0v) is 13.5. The third-order valence-corrected chi connectivity index (χ3v) is 4.72. The van der Waals surface area contributed by atoms with Crippen LogP contribution in [0.3, 0.4) is 0 Å². The first-order valence-corrected chi connectivity index (χ1v) is 8.11. The highest BCUT2D eigenvalue weighted by Crippen LogP contribution is 2.20. The van der Waals surface area contributed by atoms with Gasteiger partial charge in [-0.05, 0) is 31.5 Å². The van der Waals surface area contributed by atoms with E-state index in [1.807, 2.05) is 0 Å². The second-order valence-electron chi connectivity index (χ2n) is 5.17. The van der Waals surface area contributed by atoms with E-state index in [1.165, 1.54) is 24.7 Å². The van der Waals surface area contributed by atoms with Crippen molar-refractivity contribution in [1.29, 1.82) is 0 Å². The van der Waals surface area contributed by atoms with Crippen molar-refractivity contribution in [3.8, 4) is 0 Å². The van der Waals surface area contributed by atoms with Crippen LogP contribution in [-0.2, 0) is 21.9 Å². The highest BCUT2D eigenvalue weighted by Gasteiger charge is 2.26. The molecule has 0 saturated heterocycles. The molecule has 2 rings (SSSR count). The number of hydrogen-bond acceptors (Lipinski definition) is 4. The Kier molecular flexibility index (Phi) is 4.51. The third kappa shape index (κ3) is 3.55. The molecule has 0 bridgehead atoms. The molecule has 9 heteroatoms. The maximum absolute atomic E-state index is 13.8. The van der Waals surface area contributed by atoms with Crippen molar-refractivity contribution in [3.63, 3.8) is 0 Å². The number of benzene rings is 1. The summed E-state index contributed by atoms with van der Waals surface area (Å²) in [6, 6.07) is 1.31. The van der Waals surface area contributed by atoms with Crippen LogP contribution in [0.15, 0.2) is 29.4 Å². The molecule has 0 aliphatic rings. The van der Waals surface area contributed by atoms with Gasteiger partial charge in [0.05, 0.1) is 12.1 Å². The number of halogens is 2. The Hall–Kier alpha value is -2.29. The lowest BCUT2D eigenvalue weighted by Crippen LogP contribution is -2.34. The summed E-state index contributed by atoms with van der Waals surface area (Å²) in [5.41, 5.74) is 0.465. The molecule has 1 aromatic heterocycles. The number of carbonyl (C=O) groups excluding carboxylic acids is 1. The molecule has 0 saturated carbocycles. The minimum atomic E-state index is -4.52. The van der Waals surface area contributed by atoms with E-state index in [1.54, 1.807) is 18.0 Å². The number of nitrogens with zero attached hydrogens (tertiary/aromatic N) is 2. The number of hydrogen-bond donors (Lipinski definition) is 1. The molecular formula is C14H15F2N3O3S. The van der Waals surface area contributed by atoms with Crippen LogP contribution in [0.5, 0.6) is 0 Å². The molecule has 1 amide bonds. The molecule has 0 aliphatic carbocycles. The lowest BCUT2D eigenvalue weighted by molar-refractivity contribution is -0.120. The summed E-state index contributed by atoms with van der Waals surface area (Å²) in [5.74, 6) is -3.69. The molecule has 6 nitrogen and oxygen atoms in total. The number of sulfonamides is 1. The van der Waals surface area contributed by atoms with E-state index in [0.29, 0.717) is 11.6 Å². The molecule has 23 heavy (non-hydrogen) atoms. The van der Waals surface area contributed by atoms with Crippen molar-refractivity contribution in [2.24, 2.45) is 7.05 Å².